The maximum atomic E-state index is 9.76. The normalized spacial score (nSPS) is 24.8. The lowest BCUT2D eigenvalue weighted by molar-refractivity contribution is 0.426. The molecule has 0 amide bonds. The van der Waals surface area contributed by atoms with E-state index in [1.165, 1.54) is 32.1 Å². The Bertz CT molecular complexity index is 392. The lowest BCUT2D eigenvalue weighted by atomic mass is 10.0. The first-order valence-electron chi connectivity index (χ1n) is 7.04. The van der Waals surface area contributed by atoms with Gasteiger partial charge in [-0.1, -0.05) is 19.8 Å². The van der Waals surface area contributed by atoms with Crippen molar-refractivity contribution in [3.05, 3.63) is 23.5 Å². The minimum absolute atomic E-state index is 0.301. The van der Waals surface area contributed by atoms with Gasteiger partial charge in [-0.2, -0.15) is 0 Å². The number of aromatic hydroxyl groups is 1. The number of nitrogens with zero attached hydrogens (tertiary/aromatic N) is 1. The van der Waals surface area contributed by atoms with Crippen LogP contribution >= 0.6 is 0 Å². The van der Waals surface area contributed by atoms with E-state index in [9.17, 15) is 5.11 Å². The molecule has 2 atom stereocenters. The molecule has 0 radical (unpaired) electrons. The van der Waals surface area contributed by atoms with Gasteiger partial charge >= 0.3 is 0 Å². The molecule has 0 bridgehead atoms. The quantitative estimate of drug-likeness (QED) is 0.808. The highest BCUT2D eigenvalue weighted by molar-refractivity contribution is 5.27. The SMILES string of the molecule is Cc1ccc(O)c(CNC2CCCC(C)CC2)n1. The maximum absolute atomic E-state index is 9.76. The van der Waals surface area contributed by atoms with Crippen molar-refractivity contribution in [2.45, 2.75) is 58.5 Å². The Labute approximate surface area is 110 Å². The van der Waals surface area contributed by atoms with Gasteiger partial charge in [0.15, 0.2) is 0 Å². The molecule has 1 aromatic heterocycles. The monoisotopic (exact) mass is 248 g/mol. The average molecular weight is 248 g/mol. The van der Waals surface area contributed by atoms with Crippen LogP contribution in [-0.2, 0) is 6.54 Å². The molecule has 1 aliphatic rings. The molecule has 1 saturated carbocycles. The van der Waals surface area contributed by atoms with Crippen LogP contribution in [0.15, 0.2) is 12.1 Å². The van der Waals surface area contributed by atoms with Crippen molar-refractivity contribution < 1.29 is 5.11 Å². The lowest BCUT2D eigenvalue weighted by Crippen LogP contribution is -2.28. The highest BCUT2D eigenvalue weighted by Gasteiger charge is 2.16. The Morgan fingerprint density at radius 2 is 2.11 bits per heavy atom. The number of rotatable bonds is 3. The molecule has 18 heavy (non-hydrogen) atoms. The van der Waals surface area contributed by atoms with Crippen molar-refractivity contribution >= 4 is 0 Å². The van der Waals surface area contributed by atoms with E-state index in [1.54, 1.807) is 6.07 Å². The second kappa shape index (κ2) is 6.19. The summed E-state index contributed by atoms with van der Waals surface area (Å²) in [6.07, 6.45) is 6.47. The van der Waals surface area contributed by atoms with E-state index in [0.29, 0.717) is 18.3 Å². The fraction of sp³-hybridized carbons (Fsp3) is 0.667. The highest BCUT2D eigenvalue weighted by atomic mass is 16.3. The van der Waals surface area contributed by atoms with Crippen LogP contribution in [0.3, 0.4) is 0 Å². The standard InChI is InChI=1S/C15H24N2O/c1-11-4-3-5-13(8-6-11)16-10-14-15(18)9-7-12(2)17-14/h7,9,11,13,16,18H,3-6,8,10H2,1-2H3. The fourth-order valence-electron chi connectivity index (χ4n) is 2.67. The van der Waals surface area contributed by atoms with Crippen molar-refractivity contribution in [2.75, 3.05) is 0 Å². The summed E-state index contributed by atoms with van der Waals surface area (Å²) in [5.41, 5.74) is 1.73. The van der Waals surface area contributed by atoms with Crippen molar-refractivity contribution in [3.63, 3.8) is 0 Å². The van der Waals surface area contributed by atoms with Gasteiger partial charge in [0.1, 0.15) is 5.75 Å². The second-order valence-electron chi connectivity index (χ2n) is 5.61. The van der Waals surface area contributed by atoms with Crippen LogP contribution in [0.4, 0.5) is 0 Å². The third-order valence-electron chi connectivity index (χ3n) is 3.91. The van der Waals surface area contributed by atoms with Crippen LogP contribution in [-0.4, -0.2) is 16.1 Å². The largest absolute Gasteiger partial charge is 0.506 e. The van der Waals surface area contributed by atoms with E-state index in [4.69, 9.17) is 0 Å². The Balaban J connectivity index is 1.88. The summed E-state index contributed by atoms with van der Waals surface area (Å²) in [7, 11) is 0. The van der Waals surface area contributed by atoms with Gasteiger partial charge in [-0.05, 0) is 44.2 Å². The van der Waals surface area contributed by atoms with Crippen molar-refractivity contribution in [1.29, 1.82) is 0 Å². The summed E-state index contributed by atoms with van der Waals surface area (Å²) in [5.74, 6) is 1.16. The zero-order chi connectivity index (χ0) is 13.0. The number of hydrogen-bond donors (Lipinski definition) is 2. The van der Waals surface area contributed by atoms with Crippen molar-refractivity contribution in [1.82, 2.24) is 10.3 Å². The Hall–Kier alpha value is -1.09. The van der Waals surface area contributed by atoms with Crippen LogP contribution < -0.4 is 5.32 Å². The van der Waals surface area contributed by atoms with Crippen molar-refractivity contribution in [3.8, 4) is 5.75 Å². The van der Waals surface area contributed by atoms with Gasteiger partial charge in [-0.15, -0.1) is 0 Å². The van der Waals surface area contributed by atoms with Gasteiger partial charge in [-0.3, -0.25) is 4.98 Å². The summed E-state index contributed by atoms with van der Waals surface area (Å²) in [6, 6.07) is 4.15. The molecule has 1 fully saturated rings. The summed E-state index contributed by atoms with van der Waals surface area (Å²) in [6.45, 7) is 4.97. The van der Waals surface area contributed by atoms with Gasteiger partial charge < -0.3 is 10.4 Å². The Morgan fingerprint density at radius 1 is 1.28 bits per heavy atom. The smallest absolute Gasteiger partial charge is 0.138 e. The number of aryl methyl sites for hydroxylation is 1. The zero-order valence-corrected chi connectivity index (χ0v) is 11.4. The summed E-state index contributed by atoms with van der Waals surface area (Å²) in [5, 5.41) is 13.3. The second-order valence-corrected chi connectivity index (χ2v) is 5.61. The van der Waals surface area contributed by atoms with Crippen LogP contribution in [0.2, 0.25) is 0 Å². The zero-order valence-electron chi connectivity index (χ0n) is 11.4. The third kappa shape index (κ3) is 3.70. The van der Waals surface area contributed by atoms with Gasteiger partial charge in [0.05, 0.1) is 5.69 Å². The molecule has 1 heterocycles. The summed E-state index contributed by atoms with van der Waals surface area (Å²) in [4.78, 5) is 4.38. The molecule has 1 aromatic rings. The molecular weight excluding hydrogens is 224 g/mol. The minimum Gasteiger partial charge on any atom is -0.506 e. The molecule has 0 aliphatic heterocycles. The molecule has 2 N–H and O–H groups in total. The molecule has 2 unspecified atom stereocenters. The van der Waals surface area contributed by atoms with Gasteiger partial charge in [0.25, 0.3) is 0 Å². The number of nitrogens with one attached hydrogen (secondary N) is 1. The molecule has 0 aromatic carbocycles. The number of aromatic nitrogens is 1. The highest BCUT2D eigenvalue weighted by Crippen LogP contribution is 2.23. The predicted octanol–water partition coefficient (Wildman–Crippen LogP) is 3.15. The van der Waals surface area contributed by atoms with Crippen LogP contribution in [0, 0.1) is 12.8 Å². The molecule has 3 nitrogen and oxygen atoms in total. The first-order valence-corrected chi connectivity index (χ1v) is 7.04. The topological polar surface area (TPSA) is 45.1 Å². The van der Waals surface area contributed by atoms with Crippen molar-refractivity contribution in [2.24, 2.45) is 5.92 Å². The van der Waals surface area contributed by atoms with Gasteiger partial charge in [-0.25, -0.2) is 0 Å². The van der Waals surface area contributed by atoms with E-state index in [-0.39, 0.29) is 0 Å². The third-order valence-corrected chi connectivity index (χ3v) is 3.91. The van der Waals surface area contributed by atoms with Gasteiger partial charge in [0, 0.05) is 18.3 Å². The number of hydrogen-bond acceptors (Lipinski definition) is 3. The summed E-state index contributed by atoms with van der Waals surface area (Å²) >= 11 is 0. The lowest BCUT2D eigenvalue weighted by Gasteiger charge is -2.16. The maximum Gasteiger partial charge on any atom is 0.138 e. The van der Waals surface area contributed by atoms with E-state index < -0.39 is 0 Å². The first-order chi connectivity index (χ1) is 8.65. The predicted molar refractivity (Wildman–Crippen MR) is 73.5 cm³/mol. The van der Waals surface area contributed by atoms with Crippen LogP contribution in [0.25, 0.3) is 0 Å². The van der Waals surface area contributed by atoms with E-state index >= 15 is 0 Å². The molecule has 2 rings (SSSR count). The van der Waals surface area contributed by atoms with E-state index in [2.05, 4.69) is 17.2 Å². The Kier molecular flexibility index (Phi) is 4.59. The Morgan fingerprint density at radius 3 is 2.94 bits per heavy atom. The van der Waals surface area contributed by atoms with Crippen LogP contribution in [0.1, 0.15) is 50.4 Å². The minimum atomic E-state index is 0.301. The molecule has 0 saturated heterocycles. The molecular formula is C15H24N2O. The fourth-order valence-corrected chi connectivity index (χ4v) is 2.67. The van der Waals surface area contributed by atoms with E-state index in [1.807, 2.05) is 13.0 Å². The first kappa shape index (κ1) is 13.3. The average Bonchev–Trinajstić information content (AvgIpc) is 2.55. The van der Waals surface area contributed by atoms with E-state index in [0.717, 1.165) is 17.3 Å². The molecule has 3 heteroatoms. The molecule has 0 spiro atoms. The number of pyridine rings is 1. The summed E-state index contributed by atoms with van der Waals surface area (Å²) < 4.78 is 0. The molecule has 100 valence electrons. The van der Waals surface area contributed by atoms with Crippen LogP contribution in [0.5, 0.6) is 5.75 Å². The molecule has 1 aliphatic carbocycles. The van der Waals surface area contributed by atoms with Gasteiger partial charge in [0.2, 0.25) is 0 Å².